The van der Waals surface area contributed by atoms with Gasteiger partial charge in [-0.3, -0.25) is 10.1 Å². The third-order valence-corrected chi connectivity index (χ3v) is 3.12. The molecule has 1 aromatic heterocycles. The largest absolute Gasteiger partial charge is 0.358 e. The van der Waals surface area contributed by atoms with E-state index in [4.69, 9.17) is 0 Å². The number of aromatic nitrogens is 1. The first-order valence-corrected chi connectivity index (χ1v) is 6.54. The van der Waals surface area contributed by atoms with Crippen LogP contribution in [0.4, 0.5) is 11.5 Å². The first-order valence-electron chi connectivity index (χ1n) is 6.54. The number of nitro groups is 1. The molecular formula is C15H17N3O2. The van der Waals surface area contributed by atoms with Crippen LogP contribution >= 0.6 is 0 Å². The Labute approximate surface area is 117 Å². The van der Waals surface area contributed by atoms with E-state index in [9.17, 15) is 10.1 Å². The van der Waals surface area contributed by atoms with Crippen LogP contribution in [0.5, 0.6) is 0 Å². The Hall–Kier alpha value is -2.43. The average molecular weight is 271 g/mol. The molecule has 0 amide bonds. The molecule has 0 aliphatic carbocycles. The van der Waals surface area contributed by atoms with Gasteiger partial charge < -0.3 is 5.32 Å². The topological polar surface area (TPSA) is 68.1 Å². The molecule has 1 unspecified atom stereocenters. The summed E-state index contributed by atoms with van der Waals surface area (Å²) in [7, 11) is 0. The summed E-state index contributed by atoms with van der Waals surface area (Å²) in [5, 5.41) is 14.3. The Bertz CT molecular complexity index is 599. The lowest BCUT2D eigenvalue weighted by atomic mass is 10.0. The summed E-state index contributed by atoms with van der Waals surface area (Å²) in [5.41, 5.74) is 1.88. The van der Waals surface area contributed by atoms with Gasteiger partial charge >= 0.3 is 5.69 Å². The molecule has 20 heavy (non-hydrogen) atoms. The molecule has 1 N–H and O–H groups in total. The van der Waals surface area contributed by atoms with E-state index < -0.39 is 4.92 Å². The second-order valence-electron chi connectivity index (χ2n) is 4.65. The molecular weight excluding hydrogens is 254 g/mol. The fourth-order valence-electron chi connectivity index (χ4n) is 2.08. The predicted octanol–water partition coefficient (Wildman–Crippen LogP) is 3.86. The van der Waals surface area contributed by atoms with Gasteiger partial charge in [-0.1, -0.05) is 37.3 Å². The highest BCUT2D eigenvalue weighted by Gasteiger charge is 2.18. The molecule has 0 spiro atoms. The van der Waals surface area contributed by atoms with E-state index in [2.05, 4.69) is 10.3 Å². The summed E-state index contributed by atoms with van der Waals surface area (Å²) in [4.78, 5) is 14.9. The molecule has 2 aromatic rings. The van der Waals surface area contributed by atoms with Crippen LogP contribution in [0.3, 0.4) is 0 Å². The number of benzene rings is 1. The van der Waals surface area contributed by atoms with Gasteiger partial charge in [0.15, 0.2) is 0 Å². The smallest absolute Gasteiger partial charge is 0.311 e. The molecule has 0 aliphatic rings. The fraction of sp³-hybridized carbons (Fsp3) is 0.267. The Morgan fingerprint density at radius 1 is 1.35 bits per heavy atom. The first-order chi connectivity index (χ1) is 9.61. The first kappa shape index (κ1) is 14.0. The van der Waals surface area contributed by atoms with Crippen molar-refractivity contribution in [1.82, 2.24) is 4.98 Å². The van der Waals surface area contributed by atoms with Gasteiger partial charge in [0, 0.05) is 12.3 Å². The highest BCUT2D eigenvalue weighted by atomic mass is 16.6. The fourth-order valence-corrected chi connectivity index (χ4v) is 2.08. The van der Waals surface area contributed by atoms with Gasteiger partial charge in [0.1, 0.15) is 0 Å². The molecule has 1 heterocycles. The second kappa shape index (κ2) is 6.14. The zero-order chi connectivity index (χ0) is 14.5. The highest BCUT2D eigenvalue weighted by Crippen LogP contribution is 2.28. The molecule has 0 bridgehead atoms. The zero-order valence-electron chi connectivity index (χ0n) is 11.5. The van der Waals surface area contributed by atoms with E-state index >= 15 is 0 Å². The maximum atomic E-state index is 11.1. The van der Waals surface area contributed by atoms with Gasteiger partial charge in [-0.05, 0) is 24.5 Å². The minimum atomic E-state index is -0.403. The lowest BCUT2D eigenvalue weighted by Gasteiger charge is -2.18. The van der Waals surface area contributed by atoms with Crippen LogP contribution in [0.1, 0.15) is 30.5 Å². The molecule has 2 rings (SSSR count). The summed E-state index contributed by atoms with van der Waals surface area (Å²) in [5.74, 6) is 0.316. The van der Waals surface area contributed by atoms with Gasteiger partial charge in [0.25, 0.3) is 0 Å². The lowest BCUT2D eigenvalue weighted by Crippen LogP contribution is -2.12. The number of hydrogen-bond acceptors (Lipinski definition) is 4. The molecule has 5 nitrogen and oxygen atoms in total. The third kappa shape index (κ3) is 3.12. The maximum absolute atomic E-state index is 11.1. The van der Waals surface area contributed by atoms with Gasteiger partial charge in [-0.2, -0.15) is 0 Å². The van der Waals surface area contributed by atoms with Crippen LogP contribution in [-0.2, 0) is 0 Å². The van der Waals surface area contributed by atoms with Crippen LogP contribution in [0.15, 0.2) is 42.6 Å². The number of aryl methyl sites for hydroxylation is 1. The molecule has 0 saturated carbocycles. The average Bonchev–Trinajstić information content (AvgIpc) is 2.46. The number of hydrogen-bond donors (Lipinski definition) is 1. The predicted molar refractivity (Wildman–Crippen MR) is 78.7 cm³/mol. The van der Waals surface area contributed by atoms with E-state index in [0.717, 1.165) is 17.5 Å². The van der Waals surface area contributed by atoms with Gasteiger partial charge in [0.05, 0.1) is 11.0 Å². The van der Waals surface area contributed by atoms with Crippen LogP contribution in [0, 0.1) is 17.0 Å². The number of nitrogens with one attached hydrogen (secondary N) is 1. The van der Waals surface area contributed by atoms with Crippen molar-refractivity contribution in [3.8, 4) is 0 Å². The van der Waals surface area contributed by atoms with Gasteiger partial charge in [0.2, 0.25) is 5.82 Å². The van der Waals surface area contributed by atoms with Crippen molar-refractivity contribution < 1.29 is 4.92 Å². The van der Waals surface area contributed by atoms with Gasteiger partial charge in [-0.25, -0.2) is 4.98 Å². The van der Waals surface area contributed by atoms with Crippen LogP contribution < -0.4 is 5.32 Å². The van der Waals surface area contributed by atoms with E-state index in [-0.39, 0.29) is 11.7 Å². The normalized spacial score (nSPS) is 11.9. The Morgan fingerprint density at radius 2 is 2.05 bits per heavy atom. The van der Waals surface area contributed by atoms with Gasteiger partial charge in [-0.15, -0.1) is 0 Å². The molecule has 0 aliphatic heterocycles. The van der Waals surface area contributed by atoms with Crippen LogP contribution in [0.2, 0.25) is 0 Å². The summed E-state index contributed by atoms with van der Waals surface area (Å²) in [6.45, 7) is 3.82. The van der Waals surface area contributed by atoms with Crippen molar-refractivity contribution in [3.63, 3.8) is 0 Å². The number of nitrogens with zero attached hydrogens (tertiary/aromatic N) is 2. The number of anilines is 1. The SMILES string of the molecule is CCC(Nc1ncc(C)cc1[N+](=O)[O-])c1ccccc1. The molecule has 104 valence electrons. The standard InChI is InChI=1S/C15H17N3O2/c1-3-13(12-7-5-4-6-8-12)17-15-14(18(19)20)9-11(2)10-16-15/h4-10,13H,3H2,1-2H3,(H,16,17). The summed E-state index contributed by atoms with van der Waals surface area (Å²) in [6.07, 6.45) is 2.45. The summed E-state index contributed by atoms with van der Waals surface area (Å²) in [6, 6.07) is 11.4. The van der Waals surface area contributed by atoms with E-state index in [1.165, 1.54) is 6.07 Å². The third-order valence-electron chi connectivity index (χ3n) is 3.12. The van der Waals surface area contributed by atoms with Crippen molar-refractivity contribution in [2.75, 3.05) is 5.32 Å². The molecule has 0 saturated heterocycles. The second-order valence-corrected chi connectivity index (χ2v) is 4.65. The quantitative estimate of drug-likeness (QED) is 0.662. The lowest BCUT2D eigenvalue weighted by molar-refractivity contribution is -0.384. The minimum absolute atomic E-state index is 0.00473. The van der Waals surface area contributed by atoms with Crippen molar-refractivity contribution in [1.29, 1.82) is 0 Å². The highest BCUT2D eigenvalue weighted by molar-refractivity contribution is 5.57. The Kier molecular flexibility index (Phi) is 4.30. The summed E-state index contributed by atoms with van der Waals surface area (Å²) < 4.78 is 0. The van der Waals surface area contributed by atoms with Crippen molar-refractivity contribution in [2.24, 2.45) is 0 Å². The van der Waals surface area contributed by atoms with Crippen molar-refractivity contribution in [2.45, 2.75) is 26.3 Å². The van der Waals surface area contributed by atoms with Crippen LogP contribution in [-0.4, -0.2) is 9.91 Å². The van der Waals surface area contributed by atoms with Crippen molar-refractivity contribution >= 4 is 11.5 Å². The van der Waals surface area contributed by atoms with E-state index in [1.54, 1.807) is 13.1 Å². The Balaban J connectivity index is 2.31. The maximum Gasteiger partial charge on any atom is 0.311 e. The van der Waals surface area contributed by atoms with E-state index in [0.29, 0.717) is 5.82 Å². The van der Waals surface area contributed by atoms with Crippen molar-refractivity contribution in [3.05, 3.63) is 63.8 Å². The summed E-state index contributed by atoms with van der Waals surface area (Å²) >= 11 is 0. The van der Waals surface area contributed by atoms with E-state index in [1.807, 2.05) is 37.3 Å². The Morgan fingerprint density at radius 3 is 2.65 bits per heavy atom. The molecule has 0 radical (unpaired) electrons. The zero-order valence-corrected chi connectivity index (χ0v) is 11.5. The number of rotatable bonds is 5. The van der Waals surface area contributed by atoms with Crippen LogP contribution in [0.25, 0.3) is 0 Å². The monoisotopic (exact) mass is 271 g/mol. The minimum Gasteiger partial charge on any atom is -0.358 e. The number of pyridine rings is 1. The molecule has 1 aromatic carbocycles. The molecule has 0 fully saturated rings. The molecule has 1 atom stereocenters. The molecule has 5 heteroatoms.